The maximum atomic E-state index is 12.6. The second-order valence-electron chi connectivity index (χ2n) is 3.63. The average molecular weight is 230 g/mol. The summed E-state index contributed by atoms with van der Waals surface area (Å²) in [7, 11) is 0. The lowest BCUT2D eigenvalue weighted by molar-refractivity contribution is 0.102. The smallest absolute Gasteiger partial charge is 0.257 e. The van der Waals surface area contributed by atoms with E-state index in [1.807, 2.05) is 19.1 Å². The van der Waals surface area contributed by atoms with Crippen LogP contribution < -0.4 is 5.32 Å². The molecule has 0 fully saturated rings. The van der Waals surface area contributed by atoms with Gasteiger partial charge >= 0.3 is 0 Å². The van der Waals surface area contributed by atoms with E-state index < -0.39 is 5.82 Å². The monoisotopic (exact) mass is 230 g/mol. The molecular formula is C13H11FN2O. The maximum absolute atomic E-state index is 12.6. The number of carbonyl (C=O) groups is 1. The summed E-state index contributed by atoms with van der Waals surface area (Å²) >= 11 is 0. The topological polar surface area (TPSA) is 42.0 Å². The fraction of sp³-hybridized carbons (Fsp3) is 0.0769. The van der Waals surface area contributed by atoms with Crippen molar-refractivity contribution in [3.8, 4) is 0 Å². The molecule has 17 heavy (non-hydrogen) atoms. The molecule has 1 aromatic heterocycles. The van der Waals surface area contributed by atoms with Gasteiger partial charge in [0.15, 0.2) is 0 Å². The van der Waals surface area contributed by atoms with E-state index in [0.717, 1.165) is 11.8 Å². The second-order valence-corrected chi connectivity index (χ2v) is 3.63. The number of amides is 1. The Labute approximate surface area is 98.3 Å². The Morgan fingerprint density at radius 2 is 2.00 bits per heavy atom. The van der Waals surface area contributed by atoms with Crippen LogP contribution in [0.15, 0.2) is 42.6 Å². The van der Waals surface area contributed by atoms with Crippen LogP contribution in [0.3, 0.4) is 0 Å². The number of hydrogen-bond acceptors (Lipinski definition) is 2. The van der Waals surface area contributed by atoms with Gasteiger partial charge in [-0.1, -0.05) is 18.2 Å². The normalized spacial score (nSPS) is 10.0. The molecule has 0 atom stereocenters. The molecule has 1 heterocycles. The Kier molecular flexibility index (Phi) is 3.14. The van der Waals surface area contributed by atoms with E-state index in [2.05, 4.69) is 10.3 Å². The molecule has 1 amide bonds. The number of rotatable bonds is 2. The number of aromatic nitrogens is 1. The van der Waals surface area contributed by atoms with E-state index in [4.69, 9.17) is 0 Å². The average Bonchev–Trinajstić information content (AvgIpc) is 2.32. The van der Waals surface area contributed by atoms with Crippen molar-refractivity contribution in [3.05, 3.63) is 59.5 Å². The van der Waals surface area contributed by atoms with Gasteiger partial charge in [0.2, 0.25) is 0 Å². The van der Waals surface area contributed by atoms with Crippen LogP contribution >= 0.6 is 0 Å². The van der Waals surface area contributed by atoms with E-state index in [1.165, 1.54) is 12.1 Å². The van der Waals surface area contributed by atoms with Crippen molar-refractivity contribution in [2.75, 3.05) is 5.32 Å². The first kappa shape index (κ1) is 11.3. The standard InChI is InChI=1S/C13H11FN2O/c1-9-4-2-3-5-11(9)13(17)16-12-7-6-10(14)8-15-12/h2-8H,1H3,(H,15,16,17). The number of anilines is 1. The van der Waals surface area contributed by atoms with Gasteiger partial charge in [-0.2, -0.15) is 0 Å². The zero-order valence-corrected chi connectivity index (χ0v) is 9.27. The molecule has 0 spiro atoms. The number of hydrogen-bond donors (Lipinski definition) is 1. The minimum atomic E-state index is -0.432. The fourth-order valence-corrected chi connectivity index (χ4v) is 1.46. The third-order valence-electron chi connectivity index (χ3n) is 2.36. The summed E-state index contributed by atoms with van der Waals surface area (Å²) in [5, 5.41) is 2.61. The zero-order valence-electron chi connectivity index (χ0n) is 9.27. The molecular weight excluding hydrogens is 219 g/mol. The molecule has 0 aliphatic carbocycles. The lowest BCUT2D eigenvalue weighted by atomic mass is 10.1. The summed E-state index contributed by atoms with van der Waals surface area (Å²) in [6.45, 7) is 1.85. The lowest BCUT2D eigenvalue weighted by Gasteiger charge is -2.06. The third-order valence-corrected chi connectivity index (χ3v) is 2.36. The van der Waals surface area contributed by atoms with Crippen molar-refractivity contribution in [3.63, 3.8) is 0 Å². The highest BCUT2D eigenvalue weighted by atomic mass is 19.1. The Hall–Kier alpha value is -2.23. The molecule has 0 saturated carbocycles. The minimum absolute atomic E-state index is 0.248. The van der Waals surface area contributed by atoms with Crippen LogP contribution in [-0.4, -0.2) is 10.9 Å². The highest BCUT2D eigenvalue weighted by Gasteiger charge is 2.08. The van der Waals surface area contributed by atoms with E-state index in [-0.39, 0.29) is 5.91 Å². The minimum Gasteiger partial charge on any atom is -0.307 e. The van der Waals surface area contributed by atoms with Crippen LogP contribution in [0.1, 0.15) is 15.9 Å². The molecule has 0 aliphatic rings. The van der Waals surface area contributed by atoms with Gasteiger partial charge in [-0.25, -0.2) is 9.37 Å². The van der Waals surface area contributed by atoms with Gasteiger partial charge in [0.05, 0.1) is 6.20 Å². The predicted molar refractivity (Wildman–Crippen MR) is 63.3 cm³/mol. The summed E-state index contributed by atoms with van der Waals surface area (Å²) in [6, 6.07) is 9.91. The molecule has 4 heteroatoms. The van der Waals surface area contributed by atoms with Crippen LogP contribution in [0, 0.1) is 12.7 Å². The molecule has 0 radical (unpaired) electrons. The molecule has 1 N–H and O–H groups in total. The molecule has 0 unspecified atom stereocenters. The van der Waals surface area contributed by atoms with E-state index in [0.29, 0.717) is 11.4 Å². The predicted octanol–water partition coefficient (Wildman–Crippen LogP) is 2.78. The van der Waals surface area contributed by atoms with Gasteiger partial charge in [-0.05, 0) is 30.7 Å². The molecule has 1 aromatic carbocycles. The van der Waals surface area contributed by atoms with Crippen molar-refractivity contribution in [1.29, 1.82) is 0 Å². The zero-order chi connectivity index (χ0) is 12.3. The van der Waals surface area contributed by atoms with Crippen LogP contribution in [0.4, 0.5) is 10.2 Å². The van der Waals surface area contributed by atoms with Crippen LogP contribution in [-0.2, 0) is 0 Å². The number of carbonyl (C=O) groups excluding carboxylic acids is 1. The van der Waals surface area contributed by atoms with E-state index >= 15 is 0 Å². The summed E-state index contributed by atoms with van der Waals surface area (Å²) < 4.78 is 12.6. The molecule has 0 aliphatic heterocycles. The fourth-order valence-electron chi connectivity index (χ4n) is 1.46. The second kappa shape index (κ2) is 4.74. The highest BCUT2D eigenvalue weighted by Crippen LogP contribution is 2.10. The van der Waals surface area contributed by atoms with E-state index in [9.17, 15) is 9.18 Å². The summed E-state index contributed by atoms with van der Waals surface area (Å²) in [6.07, 6.45) is 1.06. The van der Waals surface area contributed by atoms with Crippen molar-refractivity contribution in [2.24, 2.45) is 0 Å². The van der Waals surface area contributed by atoms with Gasteiger partial charge in [-0.3, -0.25) is 4.79 Å². The Morgan fingerprint density at radius 1 is 1.24 bits per heavy atom. The van der Waals surface area contributed by atoms with Gasteiger partial charge in [-0.15, -0.1) is 0 Å². The summed E-state index contributed by atoms with van der Waals surface area (Å²) in [5.74, 6) is -0.347. The molecule has 0 bridgehead atoms. The first-order chi connectivity index (χ1) is 8.16. The van der Waals surface area contributed by atoms with Crippen LogP contribution in [0.2, 0.25) is 0 Å². The quantitative estimate of drug-likeness (QED) is 0.861. The molecule has 86 valence electrons. The highest BCUT2D eigenvalue weighted by molar-refractivity contribution is 6.04. The van der Waals surface area contributed by atoms with Crippen molar-refractivity contribution < 1.29 is 9.18 Å². The van der Waals surface area contributed by atoms with Crippen molar-refractivity contribution >= 4 is 11.7 Å². The van der Waals surface area contributed by atoms with Crippen LogP contribution in [0.25, 0.3) is 0 Å². The van der Waals surface area contributed by atoms with Gasteiger partial charge in [0.1, 0.15) is 11.6 Å². The summed E-state index contributed by atoms with van der Waals surface area (Å²) in [5.41, 5.74) is 1.46. The SMILES string of the molecule is Cc1ccccc1C(=O)Nc1ccc(F)cn1. The molecule has 3 nitrogen and oxygen atoms in total. The summed E-state index contributed by atoms with van der Waals surface area (Å²) in [4.78, 5) is 15.6. The molecule has 2 rings (SSSR count). The van der Waals surface area contributed by atoms with Crippen molar-refractivity contribution in [2.45, 2.75) is 6.92 Å². The van der Waals surface area contributed by atoms with Gasteiger partial charge in [0.25, 0.3) is 5.91 Å². The van der Waals surface area contributed by atoms with Gasteiger partial charge in [0, 0.05) is 5.56 Å². The largest absolute Gasteiger partial charge is 0.307 e. The Morgan fingerprint density at radius 3 is 2.65 bits per heavy atom. The van der Waals surface area contributed by atoms with Crippen molar-refractivity contribution in [1.82, 2.24) is 4.98 Å². The number of halogens is 1. The number of benzene rings is 1. The van der Waals surface area contributed by atoms with Crippen LogP contribution in [0.5, 0.6) is 0 Å². The number of nitrogens with one attached hydrogen (secondary N) is 1. The number of nitrogens with zero attached hydrogens (tertiary/aromatic N) is 1. The number of pyridine rings is 1. The lowest BCUT2D eigenvalue weighted by Crippen LogP contribution is -2.14. The third kappa shape index (κ3) is 2.66. The molecule has 0 saturated heterocycles. The molecule has 2 aromatic rings. The first-order valence-electron chi connectivity index (χ1n) is 5.15. The Balaban J connectivity index is 2.17. The number of aryl methyl sites for hydroxylation is 1. The maximum Gasteiger partial charge on any atom is 0.257 e. The first-order valence-corrected chi connectivity index (χ1v) is 5.15. The van der Waals surface area contributed by atoms with Gasteiger partial charge < -0.3 is 5.32 Å². The Bertz CT molecular complexity index is 537. The van der Waals surface area contributed by atoms with E-state index in [1.54, 1.807) is 12.1 Å².